The van der Waals surface area contributed by atoms with Gasteiger partial charge in [0, 0.05) is 0 Å². The summed E-state index contributed by atoms with van der Waals surface area (Å²) < 4.78 is 0. The van der Waals surface area contributed by atoms with Crippen molar-refractivity contribution >= 4 is 0 Å². The molecular weight excluding hydrogens is 234 g/mol. The van der Waals surface area contributed by atoms with Gasteiger partial charge in [-0.05, 0) is 46.9 Å². The lowest BCUT2D eigenvalue weighted by molar-refractivity contribution is 0.307. The van der Waals surface area contributed by atoms with Crippen LogP contribution in [0.5, 0.6) is 5.75 Å². The van der Waals surface area contributed by atoms with Gasteiger partial charge in [0.05, 0.1) is 0 Å². The summed E-state index contributed by atoms with van der Waals surface area (Å²) in [4.78, 5) is 0. The highest BCUT2D eigenvalue weighted by Gasteiger charge is 2.27. The summed E-state index contributed by atoms with van der Waals surface area (Å²) in [6.45, 7) is 13.8. The van der Waals surface area contributed by atoms with Crippen LogP contribution in [0.3, 0.4) is 0 Å². The molecule has 0 aliphatic rings. The molecule has 19 heavy (non-hydrogen) atoms. The first-order chi connectivity index (χ1) is 8.57. The van der Waals surface area contributed by atoms with E-state index in [-0.39, 0.29) is 10.8 Å². The highest BCUT2D eigenvalue weighted by molar-refractivity contribution is 5.42. The topological polar surface area (TPSA) is 46.2 Å². The number of phenols is 1. The van der Waals surface area contributed by atoms with E-state index in [2.05, 4.69) is 47.6 Å². The predicted molar refractivity (Wildman–Crippen MR) is 82.7 cm³/mol. The zero-order valence-corrected chi connectivity index (χ0v) is 13.2. The lowest BCUT2D eigenvalue weighted by Gasteiger charge is -2.32. The second-order valence-corrected chi connectivity index (χ2v) is 7.52. The predicted octanol–water partition coefficient (Wildman–Crippen LogP) is 4.17. The Morgan fingerprint density at radius 1 is 1.11 bits per heavy atom. The van der Waals surface area contributed by atoms with Gasteiger partial charge in [-0.1, -0.05) is 53.7 Å². The molecule has 0 saturated heterocycles. The summed E-state index contributed by atoms with van der Waals surface area (Å²) in [6, 6.07) is 6.02. The van der Waals surface area contributed by atoms with Crippen LogP contribution < -0.4 is 5.73 Å². The Kier molecular flexibility index (Phi) is 4.67. The Balaban J connectivity index is 3.26. The monoisotopic (exact) mass is 263 g/mol. The van der Waals surface area contributed by atoms with Crippen molar-refractivity contribution < 1.29 is 5.11 Å². The van der Waals surface area contributed by atoms with Gasteiger partial charge >= 0.3 is 0 Å². The van der Waals surface area contributed by atoms with E-state index in [1.54, 1.807) is 0 Å². The average molecular weight is 263 g/mol. The Labute approximate surface area is 118 Å². The van der Waals surface area contributed by atoms with E-state index in [9.17, 15) is 5.11 Å². The van der Waals surface area contributed by atoms with Gasteiger partial charge in [-0.3, -0.25) is 0 Å². The van der Waals surface area contributed by atoms with Crippen molar-refractivity contribution in [2.45, 2.75) is 59.3 Å². The summed E-state index contributed by atoms with van der Waals surface area (Å²) in [7, 11) is 0. The van der Waals surface area contributed by atoms with Crippen LogP contribution in [-0.4, -0.2) is 11.7 Å². The van der Waals surface area contributed by atoms with Crippen molar-refractivity contribution in [3.8, 4) is 5.75 Å². The maximum atomic E-state index is 10.1. The van der Waals surface area contributed by atoms with E-state index in [1.807, 2.05) is 12.1 Å². The Hall–Kier alpha value is -1.02. The van der Waals surface area contributed by atoms with Crippen LogP contribution in [0.4, 0.5) is 0 Å². The summed E-state index contributed by atoms with van der Waals surface area (Å²) in [5.74, 6) is 0.802. The van der Waals surface area contributed by atoms with Gasteiger partial charge in [-0.2, -0.15) is 0 Å². The van der Waals surface area contributed by atoms with Gasteiger partial charge < -0.3 is 10.8 Å². The number of benzene rings is 1. The molecule has 1 atom stereocenters. The minimum atomic E-state index is -0.0504. The first-order valence-corrected chi connectivity index (χ1v) is 7.11. The maximum Gasteiger partial charge on any atom is 0.119 e. The Bertz CT molecular complexity index is 424. The molecule has 0 heterocycles. The first kappa shape index (κ1) is 16.0. The van der Waals surface area contributed by atoms with Crippen molar-refractivity contribution in [2.75, 3.05) is 6.54 Å². The van der Waals surface area contributed by atoms with Crippen LogP contribution in [0, 0.1) is 5.41 Å². The third kappa shape index (κ3) is 3.97. The Morgan fingerprint density at radius 3 is 2.11 bits per heavy atom. The molecule has 108 valence electrons. The molecule has 0 fully saturated rings. The molecule has 1 unspecified atom stereocenters. The van der Waals surface area contributed by atoms with Crippen LogP contribution in [-0.2, 0) is 5.41 Å². The van der Waals surface area contributed by atoms with Gasteiger partial charge in [0.15, 0.2) is 0 Å². The molecular formula is C17H29NO. The molecule has 0 amide bonds. The van der Waals surface area contributed by atoms with E-state index in [0.29, 0.717) is 18.2 Å². The number of aromatic hydroxyl groups is 1. The molecule has 0 bridgehead atoms. The summed E-state index contributed by atoms with van der Waals surface area (Å²) in [5.41, 5.74) is 8.18. The molecule has 2 nitrogen and oxygen atoms in total. The average Bonchev–Trinajstić information content (AvgIpc) is 2.24. The smallest absolute Gasteiger partial charge is 0.119 e. The molecule has 0 saturated carbocycles. The van der Waals surface area contributed by atoms with Crippen molar-refractivity contribution in [2.24, 2.45) is 11.1 Å². The van der Waals surface area contributed by atoms with E-state index in [1.165, 1.54) is 5.56 Å². The SMILES string of the molecule is CC(C)(C)c1cc(C(CCN)C(C)(C)C)ccc1O. The number of hydrogen-bond acceptors (Lipinski definition) is 2. The maximum absolute atomic E-state index is 10.1. The second-order valence-electron chi connectivity index (χ2n) is 7.52. The lowest BCUT2D eigenvalue weighted by Crippen LogP contribution is -2.22. The molecule has 1 rings (SSSR count). The van der Waals surface area contributed by atoms with Crippen molar-refractivity contribution in [1.29, 1.82) is 0 Å². The Morgan fingerprint density at radius 2 is 1.68 bits per heavy atom. The van der Waals surface area contributed by atoms with Crippen molar-refractivity contribution in [3.05, 3.63) is 29.3 Å². The number of hydrogen-bond donors (Lipinski definition) is 2. The van der Waals surface area contributed by atoms with Gasteiger partial charge in [0.1, 0.15) is 5.75 Å². The summed E-state index contributed by atoms with van der Waals surface area (Å²) in [5, 5.41) is 10.1. The second kappa shape index (κ2) is 5.54. The zero-order chi connectivity index (χ0) is 14.8. The van der Waals surface area contributed by atoms with Crippen LogP contribution in [0.1, 0.15) is 65.0 Å². The molecule has 0 spiro atoms. The molecule has 2 heteroatoms. The molecule has 0 radical (unpaired) electrons. The molecule has 0 aliphatic carbocycles. The normalized spacial score (nSPS) is 14.5. The first-order valence-electron chi connectivity index (χ1n) is 7.11. The molecule has 0 aliphatic heterocycles. The van der Waals surface area contributed by atoms with Crippen LogP contribution in [0.15, 0.2) is 18.2 Å². The highest BCUT2D eigenvalue weighted by Crippen LogP contribution is 2.40. The summed E-state index contributed by atoms with van der Waals surface area (Å²) in [6.07, 6.45) is 0.970. The van der Waals surface area contributed by atoms with Crippen LogP contribution in [0.25, 0.3) is 0 Å². The van der Waals surface area contributed by atoms with E-state index < -0.39 is 0 Å². The van der Waals surface area contributed by atoms with Gasteiger partial charge in [-0.25, -0.2) is 0 Å². The molecule has 1 aromatic rings. The number of rotatable bonds is 3. The minimum absolute atomic E-state index is 0.0504. The molecule has 3 N–H and O–H groups in total. The largest absolute Gasteiger partial charge is 0.508 e. The van der Waals surface area contributed by atoms with Gasteiger partial charge in [-0.15, -0.1) is 0 Å². The fourth-order valence-electron chi connectivity index (χ4n) is 2.64. The minimum Gasteiger partial charge on any atom is -0.508 e. The van der Waals surface area contributed by atoms with Crippen LogP contribution in [0.2, 0.25) is 0 Å². The zero-order valence-electron chi connectivity index (χ0n) is 13.2. The quantitative estimate of drug-likeness (QED) is 0.859. The van der Waals surface area contributed by atoms with Crippen LogP contribution >= 0.6 is 0 Å². The van der Waals surface area contributed by atoms with E-state index in [0.717, 1.165) is 12.0 Å². The third-order valence-corrected chi connectivity index (χ3v) is 3.73. The number of phenolic OH excluding ortho intramolecular Hbond substituents is 1. The number of nitrogens with two attached hydrogens (primary N) is 1. The molecule has 1 aromatic carbocycles. The standard InChI is InChI=1S/C17H29NO/c1-16(2,3)13(9-10-18)12-7-8-15(19)14(11-12)17(4,5)6/h7-8,11,13,19H,9-10,18H2,1-6H3. The van der Waals surface area contributed by atoms with E-state index in [4.69, 9.17) is 5.73 Å². The van der Waals surface area contributed by atoms with Gasteiger partial charge in [0.2, 0.25) is 0 Å². The molecule has 0 aromatic heterocycles. The summed E-state index contributed by atoms with van der Waals surface area (Å²) >= 11 is 0. The lowest BCUT2D eigenvalue weighted by atomic mass is 9.73. The van der Waals surface area contributed by atoms with Gasteiger partial charge in [0.25, 0.3) is 0 Å². The fourth-order valence-corrected chi connectivity index (χ4v) is 2.64. The van der Waals surface area contributed by atoms with E-state index >= 15 is 0 Å². The fraction of sp³-hybridized carbons (Fsp3) is 0.647. The highest BCUT2D eigenvalue weighted by atomic mass is 16.3. The third-order valence-electron chi connectivity index (χ3n) is 3.73. The van der Waals surface area contributed by atoms with Crippen molar-refractivity contribution in [1.82, 2.24) is 0 Å². The van der Waals surface area contributed by atoms with Crippen molar-refractivity contribution in [3.63, 3.8) is 0 Å².